The van der Waals surface area contributed by atoms with Crippen molar-refractivity contribution in [2.75, 3.05) is 49.1 Å². The third kappa shape index (κ3) is 3.98. The molecule has 0 unspecified atom stereocenters. The molecule has 0 radical (unpaired) electrons. The smallest absolute Gasteiger partial charge is 0.243 e. The van der Waals surface area contributed by atoms with Crippen LogP contribution in [0.5, 0.6) is 0 Å². The molecule has 2 aliphatic heterocycles. The Kier molecular flexibility index (Phi) is 5.50. The molecule has 2 aromatic rings. The molecule has 4 rings (SSSR count). The molecule has 2 saturated heterocycles. The topological polar surface area (TPSA) is 69.6 Å². The number of aromatic nitrogens is 2. The van der Waals surface area contributed by atoms with Gasteiger partial charge in [-0.25, -0.2) is 13.4 Å². The lowest BCUT2D eigenvalue weighted by Gasteiger charge is -2.35. The van der Waals surface area contributed by atoms with Crippen molar-refractivity contribution in [2.24, 2.45) is 0 Å². The van der Waals surface area contributed by atoms with Gasteiger partial charge in [0.1, 0.15) is 5.82 Å². The first-order valence-electron chi connectivity index (χ1n) is 9.94. The number of aryl methyl sites for hydroxylation is 1. The minimum Gasteiger partial charge on any atom is -0.354 e. The number of nitrogens with zero attached hydrogens (tertiary/aromatic N) is 5. The van der Waals surface area contributed by atoms with Crippen molar-refractivity contribution in [1.82, 2.24) is 14.3 Å². The summed E-state index contributed by atoms with van der Waals surface area (Å²) in [5.74, 6) is 1.66. The Morgan fingerprint density at radius 2 is 1.50 bits per heavy atom. The second-order valence-corrected chi connectivity index (χ2v) is 9.40. The number of piperidine rings is 1. The predicted octanol–water partition coefficient (Wildman–Crippen LogP) is 2.29. The highest BCUT2D eigenvalue weighted by molar-refractivity contribution is 7.89. The number of anilines is 2. The van der Waals surface area contributed by atoms with Crippen molar-refractivity contribution in [3.63, 3.8) is 0 Å². The molecule has 8 heteroatoms. The number of hydrogen-bond donors (Lipinski definition) is 0. The number of piperazine rings is 1. The third-order valence-corrected chi connectivity index (χ3v) is 7.40. The molecular formula is C20H27N5O2S. The van der Waals surface area contributed by atoms with Crippen LogP contribution in [0.15, 0.2) is 41.4 Å². The largest absolute Gasteiger partial charge is 0.354 e. The van der Waals surface area contributed by atoms with Gasteiger partial charge in [0, 0.05) is 45.5 Å². The average Bonchev–Trinajstić information content (AvgIpc) is 2.75. The quantitative estimate of drug-likeness (QED) is 0.783. The Balaban J connectivity index is 1.43. The normalized spacial score (nSPS) is 19.0. The van der Waals surface area contributed by atoms with Crippen molar-refractivity contribution in [3.05, 3.63) is 42.1 Å². The van der Waals surface area contributed by atoms with Crippen LogP contribution >= 0.6 is 0 Å². The standard InChI is InChI=1S/C20H27N5O2S/c1-17-5-7-18(8-6-17)28(26,27)25-15-13-23(14-16-25)19-9-10-21-20(22-19)24-11-3-2-4-12-24/h5-10H,2-4,11-16H2,1H3. The summed E-state index contributed by atoms with van der Waals surface area (Å²) in [4.78, 5) is 13.9. The molecule has 1 aromatic heterocycles. The summed E-state index contributed by atoms with van der Waals surface area (Å²) < 4.78 is 27.3. The van der Waals surface area contributed by atoms with Crippen molar-refractivity contribution < 1.29 is 8.42 Å². The van der Waals surface area contributed by atoms with E-state index >= 15 is 0 Å². The fourth-order valence-corrected chi connectivity index (χ4v) is 5.20. The zero-order chi connectivity index (χ0) is 19.6. The predicted molar refractivity (Wildman–Crippen MR) is 110 cm³/mol. The first-order chi connectivity index (χ1) is 13.5. The van der Waals surface area contributed by atoms with E-state index in [0.717, 1.165) is 30.4 Å². The molecule has 7 nitrogen and oxygen atoms in total. The zero-order valence-corrected chi connectivity index (χ0v) is 17.1. The second kappa shape index (κ2) is 8.05. The summed E-state index contributed by atoms with van der Waals surface area (Å²) in [5.41, 5.74) is 1.05. The van der Waals surface area contributed by atoms with E-state index in [4.69, 9.17) is 4.98 Å². The molecule has 0 N–H and O–H groups in total. The van der Waals surface area contributed by atoms with Crippen LogP contribution in [0.4, 0.5) is 11.8 Å². The van der Waals surface area contributed by atoms with Crippen LogP contribution in [-0.2, 0) is 10.0 Å². The summed E-state index contributed by atoms with van der Waals surface area (Å²) in [6.07, 6.45) is 5.45. The van der Waals surface area contributed by atoms with Crippen LogP contribution < -0.4 is 9.80 Å². The lowest BCUT2D eigenvalue weighted by Crippen LogP contribution is -2.49. The van der Waals surface area contributed by atoms with Crippen LogP contribution in [0, 0.1) is 6.92 Å². The van der Waals surface area contributed by atoms with Gasteiger partial charge in [0.25, 0.3) is 0 Å². The Morgan fingerprint density at radius 1 is 0.821 bits per heavy atom. The molecule has 150 valence electrons. The van der Waals surface area contributed by atoms with Gasteiger partial charge < -0.3 is 9.80 Å². The maximum atomic E-state index is 12.9. The van der Waals surface area contributed by atoms with E-state index in [1.807, 2.05) is 31.3 Å². The van der Waals surface area contributed by atoms with Gasteiger partial charge >= 0.3 is 0 Å². The Hall–Kier alpha value is -2.19. The van der Waals surface area contributed by atoms with Gasteiger partial charge in [-0.05, 0) is 44.4 Å². The molecule has 0 aliphatic carbocycles. The summed E-state index contributed by atoms with van der Waals surface area (Å²) in [6.45, 7) is 6.13. The van der Waals surface area contributed by atoms with Gasteiger partial charge in [-0.1, -0.05) is 17.7 Å². The highest BCUT2D eigenvalue weighted by atomic mass is 32.2. The Labute approximate surface area is 167 Å². The van der Waals surface area contributed by atoms with E-state index in [1.54, 1.807) is 16.4 Å². The van der Waals surface area contributed by atoms with E-state index in [0.29, 0.717) is 31.1 Å². The van der Waals surface area contributed by atoms with Crippen molar-refractivity contribution in [1.29, 1.82) is 0 Å². The first kappa shape index (κ1) is 19.1. The number of benzene rings is 1. The molecular weight excluding hydrogens is 374 g/mol. The van der Waals surface area contributed by atoms with Gasteiger partial charge in [0.2, 0.25) is 16.0 Å². The molecule has 2 fully saturated rings. The minimum atomic E-state index is -3.44. The lowest BCUT2D eigenvalue weighted by molar-refractivity contribution is 0.383. The van der Waals surface area contributed by atoms with Gasteiger partial charge in [-0.3, -0.25) is 0 Å². The van der Waals surface area contributed by atoms with E-state index < -0.39 is 10.0 Å². The molecule has 3 heterocycles. The molecule has 0 spiro atoms. The minimum absolute atomic E-state index is 0.362. The zero-order valence-electron chi connectivity index (χ0n) is 16.3. The number of rotatable bonds is 4. The van der Waals surface area contributed by atoms with Gasteiger partial charge in [-0.2, -0.15) is 9.29 Å². The molecule has 2 aliphatic rings. The molecule has 0 saturated carbocycles. The average molecular weight is 402 g/mol. The van der Waals surface area contributed by atoms with Gasteiger partial charge in [0.05, 0.1) is 4.90 Å². The Morgan fingerprint density at radius 3 is 2.18 bits per heavy atom. The van der Waals surface area contributed by atoms with Gasteiger partial charge in [0.15, 0.2) is 0 Å². The summed E-state index contributed by atoms with van der Waals surface area (Å²) >= 11 is 0. The van der Waals surface area contributed by atoms with Crippen molar-refractivity contribution in [2.45, 2.75) is 31.1 Å². The maximum Gasteiger partial charge on any atom is 0.243 e. The van der Waals surface area contributed by atoms with Gasteiger partial charge in [-0.15, -0.1) is 0 Å². The van der Waals surface area contributed by atoms with E-state index in [2.05, 4.69) is 14.8 Å². The van der Waals surface area contributed by atoms with Crippen LogP contribution in [-0.4, -0.2) is 62.0 Å². The monoisotopic (exact) mass is 401 g/mol. The summed E-state index contributed by atoms with van der Waals surface area (Å²) in [5, 5.41) is 0. The summed E-state index contributed by atoms with van der Waals surface area (Å²) in [7, 11) is -3.44. The number of hydrogen-bond acceptors (Lipinski definition) is 6. The van der Waals surface area contributed by atoms with E-state index in [9.17, 15) is 8.42 Å². The SMILES string of the molecule is Cc1ccc(S(=O)(=O)N2CCN(c3ccnc(N4CCCCC4)n3)CC2)cc1. The van der Waals surface area contributed by atoms with Crippen molar-refractivity contribution in [3.8, 4) is 0 Å². The second-order valence-electron chi connectivity index (χ2n) is 7.47. The summed E-state index contributed by atoms with van der Waals surface area (Å²) in [6, 6.07) is 8.97. The third-order valence-electron chi connectivity index (χ3n) is 5.49. The van der Waals surface area contributed by atoms with E-state index in [-0.39, 0.29) is 0 Å². The lowest BCUT2D eigenvalue weighted by atomic mass is 10.1. The fraction of sp³-hybridized carbons (Fsp3) is 0.500. The fourth-order valence-electron chi connectivity index (χ4n) is 3.78. The Bertz CT molecular complexity index is 902. The molecule has 0 atom stereocenters. The van der Waals surface area contributed by atoms with Crippen LogP contribution in [0.2, 0.25) is 0 Å². The van der Waals surface area contributed by atoms with Crippen LogP contribution in [0.3, 0.4) is 0 Å². The maximum absolute atomic E-state index is 12.9. The number of sulfonamides is 1. The highest BCUT2D eigenvalue weighted by Gasteiger charge is 2.29. The molecule has 0 amide bonds. The van der Waals surface area contributed by atoms with Crippen molar-refractivity contribution >= 4 is 21.8 Å². The molecule has 28 heavy (non-hydrogen) atoms. The first-order valence-corrected chi connectivity index (χ1v) is 11.4. The van der Waals surface area contributed by atoms with E-state index in [1.165, 1.54) is 19.3 Å². The van der Waals surface area contributed by atoms with Crippen LogP contribution in [0.1, 0.15) is 24.8 Å². The van der Waals surface area contributed by atoms with Crippen LogP contribution in [0.25, 0.3) is 0 Å². The molecule has 0 bridgehead atoms. The molecule has 1 aromatic carbocycles. The highest BCUT2D eigenvalue weighted by Crippen LogP contribution is 2.22.